The minimum atomic E-state index is -0.412. The second-order valence-corrected chi connectivity index (χ2v) is 7.68. The van der Waals surface area contributed by atoms with E-state index in [-0.39, 0.29) is 12.1 Å². The average molecular weight is 398 g/mol. The van der Waals surface area contributed by atoms with Gasteiger partial charge in [-0.3, -0.25) is 0 Å². The van der Waals surface area contributed by atoms with Gasteiger partial charge in [-0.25, -0.2) is 9.59 Å². The first-order valence-corrected chi connectivity index (χ1v) is 9.71. The molecule has 0 radical (unpaired) electrons. The Morgan fingerprint density at radius 2 is 1.75 bits per heavy atom. The average Bonchev–Trinajstić information content (AvgIpc) is 3.30. The number of carbonyl (C=O) groups is 2. The Bertz CT molecular complexity index is 975. The number of thiophene rings is 1. The maximum Gasteiger partial charge on any atom is 0.337 e. The first-order valence-electron chi connectivity index (χ1n) is 8.89. The van der Waals surface area contributed by atoms with Gasteiger partial charge in [0.05, 0.1) is 18.7 Å². The van der Waals surface area contributed by atoms with Crippen LogP contribution in [0.1, 0.15) is 39.3 Å². The van der Waals surface area contributed by atoms with Crippen molar-refractivity contribution in [2.24, 2.45) is 0 Å². The molecule has 0 bridgehead atoms. The summed E-state index contributed by atoms with van der Waals surface area (Å²) >= 11 is 1.71. The predicted molar refractivity (Wildman–Crippen MR) is 111 cm³/mol. The van der Waals surface area contributed by atoms with Crippen LogP contribution in [0.15, 0.2) is 48.8 Å². The fourth-order valence-corrected chi connectivity index (χ4v) is 4.26. The van der Waals surface area contributed by atoms with E-state index in [0.717, 1.165) is 10.6 Å². The molecule has 3 rings (SSSR count). The number of methoxy groups -OCH3 is 1. The van der Waals surface area contributed by atoms with Crippen molar-refractivity contribution in [1.82, 2.24) is 9.88 Å². The molecule has 2 aromatic heterocycles. The molecule has 6 nitrogen and oxygen atoms in total. The molecule has 28 heavy (non-hydrogen) atoms. The molecule has 2 N–H and O–H groups in total. The molecule has 0 fully saturated rings. The number of urea groups is 1. The van der Waals surface area contributed by atoms with E-state index in [4.69, 9.17) is 0 Å². The Hall–Kier alpha value is -3.06. The molecule has 1 unspecified atom stereocenters. The third-order valence-electron chi connectivity index (χ3n) is 4.60. The minimum Gasteiger partial charge on any atom is -0.465 e. The number of hydrogen-bond acceptors (Lipinski definition) is 4. The van der Waals surface area contributed by atoms with Crippen molar-refractivity contribution in [3.05, 3.63) is 70.4 Å². The lowest BCUT2D eigenvalue weighted by Crippen LogP contribution is -2.31. The normalized spacial score (nSPS) is 11.7. The van der Waals surface area contributed by atoms with Gasteiger partial charge < -0.3 is 19.9 Å². The van der Waals surface area contributed by atoms with Crippen LogP contribution >= 0.6 is 11.3 Å². The highest BCUT2D eigenvalue weighted by molar-refractivity contribution is 7.14. The van der Waals surface area contributed by atoms with Gasteiger partial charge in [0.15, 0.2) is 0 Å². The van der Waals surface area contributed by atoms with E-state index in [0.29, 0.717) is 11.3 Å². The van der Waals surface area contributed by atoms with Crippen molar-refractivity contribution in [3.63, 3.8) is 0 Å². The molecular weight excluding hydrogens is 374 g/mol. The van der Waals surface area contributed by atoms with Crippen molar-refractivity contribution >= 4 is 29.0 Å². The maximum absolute atomic E-state index is 12.5. The highest BCUT2D eigenvalue weighted by Gasteiger charge is 2.21. The molecule has 0 saturated carbocycles. The number of esters is 1. The van der Waals surface area contributed by atoms with Crippen molar-refractivity contribution in [3.8, 4) is 5.00 Å². The van der Waals surface area contributed by atoms with Crippen LogP contribution in [0.4, 0.5) is 10.5 Å². The first kappa shape index (κ1) is 19.7. The molecule has 0 aliphatic carbocycles. The molecule has 1 aromatic carbocycles. The Kier molecular flexibility index (Phi) is 5.84. The summed E-state index contributed by atoms with van der Waals surface area (Å²) < 4.78 is 6.75. The summed E-state index contributed by atoms with van der Waals surface area (Å²) in [5.41, 5.74) is 3.32. The summed E-state index contributed by atoms with van der Waals surface area (Å²) in [4.78, 5) is 25.2. The quantitative estimate of drug-likeness (QED) is 0.606. The Morgan fingerprint density at radius 3 is 2.36 bits per heavy atom. The molecule has 3 aromatic rings. The second-order valence-electron chi connectivity index (χ2n) is 6.48. The van der Waals surface area contributed by atoms with Gasteiger partial charge in [0.1, 0.15) is 5.00 Å². The van der Waals surface area contributed by atoms with Gasteiger partial charge in [-0.2, -0.15) is 0 Å². The van der Waals surface area contributed by atoms with E-state index in [1.807, 2.05) is 31.5 Å². The number of aryl methyl sites for hydroxylation is 1. The fraction of sp³-hybridized carbons (Fsp3) is 0.238. The molecule has 0 saturated heterocycles. The number of ether oxygens (including phenoxy) is 1. The Balaban J connectivity index is 1.72. The SMILES string of the molecule is COC(=O)c1ccc(NC(=O)NC(C)c2c(-n3cccc3)sc(C)c2C)cc1. The van der Waals surface area contributed by atoms with Crippen molar-refractivity contribution < 1.29 is 14.3 Å². The standard InChI is InChI=1S/C21H23N3O3S/c1-13-15(3)28-19(24-11-5-6-12-24)18(13)14(2)22-21(26)23-17-9-7-16(8-10-17)20(25)27-4/h5-12,14H,1-4H3,(H2,22,23,26). The van der Waals surface area contributed by atoms with Gasteiger partial charge >= 0.3 is 12.0 Å². The van der Waals surface area contributed by atoms with Gasteiger partial charge in [-0.05, 0) is 62.7 Å². The highest BCUT2D eigenvalue weighted by atomic mass is 32.1. The number of nitrogens with one attached hydrogen (secondary N) is 2. The zero-order valence-electron chi connectivity index (χ0n) is 16.3. The molecule has 2 amide bonds. The molecule has 146 valence electrons. The number of amides is 2. The topological polar surface area (TPSA) is 72.4 Å². The van der Waals surface area contributed by atoms with Gasteiger partial charge in [0, 0.05) is 28.5 Å². The van der Waals surface area contributed by atoms with Crippen LogP contribution in [0, 0.1) is 13.8 Å². The van der Waals surface area contributed by atoms with E-state index in [1.54, 1.807) is 35.6 Å². The van der Waals surface area contributed by atoms with Crippen molar-refractivity contribution in [1.29, 1.82) is 0 Å². The highest BCUT2D eigenvalue weighted by Crippen LogP contribution is 2.35. The second kappa shape index (κ2) is 8.31. The van der Waals surface area contributed by atoms with E-state index < -0.39 is 5.97 Å². The van der Waals surface area contributed by atoms with Crippen LogP contribution in [0.3, 0.4) is 0 Å². The number of carbonyl (C=O) groups excluding carboxylic acids is 2. The zero-order valence-corrected chi connectivity index (χ0v) is 17.1. The van der Waals surface area contributed by atoms with Gasteiger partial charge in [-0.1, -0.05) is 0 Å². The van der Waals surface area contributed by atoms with E-state index in [9.17, 15) is 9.59 Å². The van der Waals surface area contributed by atoms with Crippen LogP contribution in [0.25, 0.3) is 5.00 Å². The lowest BCUT2D eigenvalue weighted by atomic mass is 10.1. The maximum atomic E-state index is 12.5. The first-order chi connectivity index (χ1) is 13.4. The van der Waals surface area contributed by atoms with E-state index in [2.05, 4.69) is 33.8 Å². The molecule has 2 heterocycles. The fourth-order valence-electron chi connectivity index (χ4n) is 3.04. The molecule has 7 heteroatoms. The molecule has 0 aliphatic rings. The molecule has 1 atom stereocenters. The number of benzene rings is 1. The van der Waals surface area contributed by atoms with Crippen LogP contribution in [0.5, 0.6) is 0 Å². The van der Waals surface area contributed by atoms with Crippen LogP contribution in [-0.4, -0.2) is 23.7 Å². The third-order valence-corrected chi connectivity index (χ3v) is 5.83. The number of rotatable bonds is 5. The van der Waals surface area contributed by atoms with Crippen LogP contribution in [0.2, 0.25) is 0 Å². The van der Waals surface area contributed by atoms with Gasteiger partial charge in [-0.15, -0.1) is 11.3 Å². The van der Waals surface area contributed by atoms with Crippen molar-refractivity contribution in [2.45, 2.75) is 26.8 Å². The lowest BCUT2D eigenvalue weighted by Gasteiger charge is -2.17. The minimum absolute atomic E-state index is 0.170. The van der Waals surface area contributed by atoms with Crippen LogP contribution in [-0.2, 0) is 4.74 Å². The Morgan fingerprint density at radius 1 is 1.11 bits per heavy atom. The summed E-state index contributed by atoms with van der Waals surface area (Å²) in [5.74, 6) is -0.412. The summed E-state index contributed by atoms with van der Waals surface area (Å²) in [6.07, 6.45) is 4.01. The molecule has 0 aliphatic heterocycles. The van der Waals surface area contributed by atoms with Crippen molar-refractivity contribution in [2.75, 3.05) is 12.4 Å². The molecule has 0 spiro atoms. The lowest BCUT2D eigenvalue weighted by molar-refractivity contribution is 0.0600. The van der Waals surface area contributed by atoms with Gasteiger partial charge in [0.2, 0.25) is 0 Å². The summed E-state index contributed by atoms with van der Waals surface area (Å²) in [5, 5.41) is 6.91. The van der Waals surface area contributed by atoms with E-state index >= 15 is 0 Å². The third kappa shape index (κ3) is 4.09. The zero-order chi connectivity index (χ0) is 20.3. The number of anilines is 1. The van der Waals surface area contributed by atoms with Crippen LogP contribution < -0.4 is 10.6 Å². The largest absolute Gasteiger partial charge is 0.465 e. The smallest absolute Gasteiger partial charge is 0.337 e. The Labute approximate surface area is 168 Å². The summed E-state index contributed by atoms with van der Waals surface area (Å²) in [6, 6.07) is 10.1. The summed E-state index contributed by atoms with van der Waals surface area (Å²) in [6.45, 7) is 6.14. The monoisotopic (exact) mass is 397 g/mol. The predicted octanol–water partition coefficient (Wildman–Crippen LogP) is 4.82. The number of hydrogen-bond donors (Lipinski definition) is 2. The van der Waals surface area contributed by atoms with E-state index in [1.165, 1.54) is 17.6 Å². The van der Waals surface area contributed by atoms with Gasteiger partial charge in [0.25, 0.3) is 0 Å². The molecular formula is C21H23N3O3S. The number of nitrogens with zero attached hydrogens (tertiary/aromatic N) is 1. The summed E-state index contributed by atoms with van der Waals surface area (Å²) in [7, 11) is 1.33. The number of aromatic nitrogens is 1.